The number of nitrogens with zero attached hydrogens (tertiary/aromatic N) is 1. The van der Waals surface area contributed by atoms with E-state index >= 15 is 0 Å². The highest BCUT2D eigenvalue weighted by Gasteiger charge is 2.24. The van der Waals surface area contributed by atoms with E-state index in [4.69, 9.17) is 5.84 Å². The quantitative estimate of drug-likeness (QED) is 0.652. The van der Waals surface area contributed by atoms with E-state index in [1.54, 1.807) is 0 Å². The molecule has 1 aromatic heterocycles. The first-order valence-corrected chi connectivity index (χ1v) is 7.17. The van der Waals surface area contributed by atoms with Crippen LogP contribution in [0, 0.1) is 5.92 Å². The third kappa shape index (κ3) is 2.62. The maximum absolute atomic E-state index is 5.78. The Labute approximate surface area is 114 Å². The van der Waals surface area contributed by atoms with E-state index in [0.717, 1.165) is 17.9 Å². The van der Waals surface area contributed by atoms with Gasteiger partial charge in [-0.3, -0.25) is 16.3 Å². The molecule has 3 N–H and O–H groups in total. The lowest BCUT2D eigenvalue weighted by Gasteiger charge is -2.23. The van der Waals surface area contributed by atoms with Gasteiger partial charge in [0.2, 0.25) is 0 Å². The molecule has 1 saturated carbocycles. The van der Waals surface area contributed by atoms with Gasteiger partial charge in [-0.05, 0) is 42.9 Å². The highest BCUT2D eigenvalue weighted by atomic mass is 15.2. The van der Waals surface area contributed by atoms with E-state index in [-0.39, 0.29) is 0 Å². The zero-order valence-corrected chi connectivity index (χ0v) is 11.2. The molecule has 1 fully saturated rings. The largest absolute Gasteiger partial charge is 0.271 e. The van der Waals surface area contributed by atoms with Crippen LogP contribution in [-0.4, -0.2) is 11.0 Å². The Bertz CT molecular complexity index is 541. The van der Waals surface area contributed by atoms with Crippen LogP contribution in [0.5, 0.6) is 0 Å². The summed E-state index contributed by atoms with van der Waals surface area (Å²) < 4.78 is 0. The molecule has 1 aliphatic carbocycles. The molecule has 0 amide bonds. The number of hydrogen-bond donors (Lipinski definition) is 2. The molecular weight excluding hydrogens is 234 g/mol. The molecule has 3 heteroatoms. The van der Waals surface area contributed by atoms with Gasteiger partial charge in [-0.15, -0.1) is 0 Å². The lowest BCUT2D eigenvalue weighted by atomic mass is 9.91. The zero-order chi connectivity index (χ0) is 13.1. The Kier molecular flexibility index (Phi) is 3.76. The zero-order valence-electron chi connectivity index (χ0n) is 11.2. The minimum absolute atomic E-state index is 0.383. The molecule has 2 aromatic rings. The van der Waals surface area contributed by atoms with Crippen LogP contribution < -0.4 is 11.3 Å². The van der Waals surface area contributed by atoms with Gasteiger partial charge in [-0.25, -0.2) is 0 Å². The highest BCUT2D eigenvalue weighted by Crippen LogP contribution is 2.30. The SMILES string of the molecule is NNC(Cc1ccnc2ccccc12)C1CCCC1. The van der Waals surface area contributed by atoms with Crippen LogP contribution >= 0.6 is 0 Å². The van der Waals surface area contributed by atoms with Crippen LogP contribution in [0.15, 0.2) is 36.5 Å². The molecule has 1 aliphatic rings. The van der Waals surface area contributed by atoms with Crippen molar-refractivity contribution in [3.63, 3.8) is 0 Å². The number of nitrogens with two attached hydrogens (primary N) is 1. The van der Waals surface area contributed by atoms with Crippen molar-refractivity contribution >= 4 is 10.9 Å². The summed E-state index contributed by atoms with van der Waals surface area (Å²) in [5.74, 6) is 6.50. The molecule has 1 heterocycles. The Hall–Kier alpha value is -1.45. The first-order chi connectivity index (χ1) is 9.38. The van der Waals surface area contributed by atoms with E-state index < -0.39 is 0 Å². The van der Waals surface area contributed by atoms with Gasteiger partial charge >= 0.3 is 0 Å². The van der Waals surface area contributed by atoms with Crippen molar-refractivity contribution < 1.29 is 0 Å². The summed E-state index contributed by atoms with van der Waals surface area (Å²) in [5, 5.41) is 1.25. The molecule has 1 unspecified atom stereocenters. The van der Waals surface area contributed by atoms with Crippen LogP contribution in [0.3, 0.4) is 0 Å². The number of aromatic nitrogens is 1. The predicted molar refractivity (Wildman–Crippen MR) is 78.5 cm³/mol. The van der Waals surface area contributed by atoms with Gasteiger partial charge in [0.1, 0.15) is 0 Å². The summed E-state index contributed by atoms with van der Waals surface area (Å²) in [5.41, 5.74) is 5.46. The topological polar surface area (TPSA) is 50.9 Å². The summed E-state index contributed by atoms with van der Waals surface area (Å²) in [6.45, 7) is 0. The number of rotatable bonds is 4. The van der Waals surface area contributed by atoms with Crippen molar-refractivity contribution in [3.05, 3.63) is 42.1 Å². The van der Waals surface area contributed by atoms with Crippen molar-refractivity contribution in [1.82, 2.24) is 10.4 Å². The lowest BCUT2D eigenvalue weighted by molar-refractivity contribution is 0.362. The van der Waals surface area contributed by atoms with E-state index in [1.807, 2.05) is 12.3 Å². The number of fused-ring (bicyclic) bond motifs is 1. The smallest absolute Gasteiger partial charge is 0.0704 e. The maximum atomic E-state index is 5.78. The molecule has 1 aromatic carbocycles. The average Bonchev–Trinajstić information content (AvgIpc) is 2.99. The Morgan fingerprint density at radius 3 is 2.79 bits per heavy atom. The summed E-state index contributed by atoms with van der Waals surface area (Å²) >= 11 is 0. The fourth-order valence-corrected chi connectivity index (χ4v) is 3.29. The Morgan fingerprint density at radius 1 is 1.21 bits per heavy atom. The molecule has 0 spiro atoms. The van der Waals surface area contributed by atoms with Crippen LogP contribution in [0.4, 0.5) is 0 Å². The summed E-state index contributed by atoms with van der Waals surface area (Å²) in [6.07, 6.45) is 8.19. The van der Waals surface area contributed by atoms with Crippen LogP contribution in [0.25, 0.3) is 10.9 Å². The van der Waals surface area contributed by atoms with Gasteiger partial charge in [-0.1, -0.05) is 31.0 Å². The molecule has 19 heavy (non-hydrogen) atoms. The minimum Gasteiger partial charge on any atom is -0.271 e. The third-order valence-electron chi connectivity index (χ3n) is 4.36. The number of benzene rings is 1. The second-order valence-electron chi connectivity index (χ2n) is 5.51. The van der Waals surface area contributed by atoms with E-state index in [0.29, 0.717) is 6.04 Å². The highest BCUT2D eigenvalue weighted by molar-refractivity contribution is 5.81. The van der Waals surface area contributed by atoms with E-state index in [1.165, 1.54) is 36.6 Å². The first-order valence-electron chi connectivity index (χ1n) is 7.17. The van der Waals surface area contributed by atoms with Gasteiger partial charge in [0.05, 0.1) is 5.52 Å². The van der Waals surface area contributed by atoms with Crippen LogP contribution in [0.1, 0.15) is 31.2 Å². The second-order valence-corrected chi connectivity index (χ2v) is 5.51. The second kappa shape index (κ2) is 5.68. The lowest BCUT2D eigenvalue weighted by Crippen LogP contribution is -2.41. The summed E-state index contributed by atoms with van der Waals surface area (Å²) in [4.78, 5) is 4.42. The van der Waals surface area contributed by atoms with Crippen molar-refractivity contribution in [2.24, 2.45) is 11.8 Å². The minimum atomic E-state index is 0.383. The fourth-order valence-electron chi connectivity index (χ4n) is 3.29. The molecule has 3 rings (SSSR count). The average molecular weight is 255 g/mol. The summed E-state index contributed by atoms with van der Waals surface area (Å²) in [6, 6.07) is 10.8. The number of hydrogen-bond acceptors (Lipinski definition) is 3. The normalized spacial score (nSPS) is 17.9. The monoisotopic (exact) mass is 255 g/mol. The van der Waals surface area contributed by atoms with Gasteiger partial charge in [0, 0.05) is 17.6 Å². The Morgan fingerprint density at radius 2 is 2.00 bits per heavy atom. The molecule has 3 nitrogen and oxygen atoms in total. The van der Waals surface area contributed by atoms with E-state index in [2.05, 4.69) is 34.7 Å². The van der Waals surface area contributed by atoms with E-state index in [9.17, 15) is 0 Å². The molecule has 100 valence electrons. The maximum Gasteiger partial charge on any atom is 0.0704 e. The summed E-state index contributed by atoms with van der Waals surface area (Å²) in [7, 11) is 0. The fraction of sp³-hybridized carbons (Fsp3) is 0.438. The third-order valence-corrected chi connectivity index (χ3v) is 4.36. The molecule has 0 radical (unpaired) electrons. The van der Waals surface area contributed by atoms with Crippen LogP contribution in [0.2, 0.25) is 0 Å². The number of pyridine rings is 1. The van der Waals surface area contributed by atoms with Crippen molar-refractivity contribution in [2.75, 3.05) is 0 Å². The molecule has 0 aliphatic heterocycles. The molecular formula is C16H21N3. The first kappa shape index (κ1) is 12.6. The van der Waals surface area contributed by atoms with Gasteiger partial charge < -0.3 is 0 Å². The standard InChI is InChI=1S/C16H21N3/c17-19-16(12-5-1-2-6-12)11-13-9-10-18-15-8-4-3-7-14(13)15/h3-4,7-10,12,16,19H,1-2,5-6,11,17H2. The van der Waals surface area contributed by atoms with Gasteiger partial charge in [0.25, 0.3) is 0 Å². The van der Waals surface area contributed by atoms with Crippen LogP contribution in [-0.2, 0) is 6.42 Å². The van der Waals surface area contributed by atoms with Crippen molar-refractivity contribution in [2.45, 2.75) is 38.1 Å². The van der Waals surface area contributed by atoms with Gasteiger partial charge in [0.15, 0.2) is 0 Å². The predicted octanol–water partition coefficient (Wildman–Crippen LogP) is 2.80. The van der Waals surface area contributed by atoms with Crippen molar-refractivity contribution in [3.8, 4) is 0 Å². The number of para-hydroxylation sites is 1. The molecule has 1 atom stereocenters. The van der Waals surface area contributed by atoms with Gasteiger partial charge in [-0.2, -0.15) is 0 Å². The molecule has 0 saturated heterocycles. The Balaban J connectivity index is 1.87. The molecule has 0 bridgehead atoms. The number of nitrogens with one attached hydrogen (secondary N) is 1. The number of hydrazine groups is 1. The van der Waals surface area contributed by atoms with Crippen molar-refractivity contribution in [1.29, 1.82) is 0 Å².